The first-order valence-electron chi connectivity index (χ1n) is 32.0. The van der Waals surface area contributed by atoms with Gasteiger partial charge in [-0.2, -0.15) is 0 Å². The molecule has 6 heterocycles. The smallest absolute Gasteiger partial charge is 0.0351 e. The highest BCUT2D eigenvalue weighted by Crippen LogP contribution is 2.59. The average Bonchev–Trinajstić information content (AvgIpc) is 1.54. The molecule has 436 valence electrons. The minimum absolute atomic E-state index is 0.130. The Bertz CT molecular complexity index is 4720. The second-order valence-electron chi connectivity index (χ2n) is 25.4. The fourth-order valence-electron chi connectivity index (χ4n) is 16.1. The number of thiophene rings is 6. The van der Waals surface area contributed by atoms with Crippen LogP contribution in [0.3, 0.4) is 0 Å². The van der Waals surface area contributed by atoms with Crippen LogP contribution in [0.15, 0.2) is 182 Å². The van der Waals surface area contributed by atoms with Gasteiger partial charge in [-0.05, 0) is 288 Å². The van der Waals surface area contributed by atoms with Gasteiger partial charge in [-0.1, -0.05) is 127 Å². The third-order valence-corrected chi connectivity index (χ3v) is 26.9. The van der Waals surface area contributed by atoms with Gasteiger partial charge in [0, 0.05) is 70.4 Å². The van der Waals surface area contributed by atoms with Crippen molar-refractivity contribution >= 4 is 101 Å². The van der Waals surface area contributed by atoms with Crippen LogP contribution >= 0.6 is 68.0 Å². The molecule has 0 unspecified atom stereocenters. The summed E-state index contributed by atoms with van der Waals surface area (Å²) in [6, 6.07) is 70.8. The predicted octanol–water partition coefficient (Wildman–Crippen LogP) is 26.2. The molecule has 0 N–H and O–H groups in total. The summed E-state index contributed by atoms with van der Waals surface area (Å²) in [6.45, 7) is 14.1. The highest BCUT2D eigenvalue weighted by molar-refractivity contribution is 7.17. The summed E-state index contributed by atoms with van der Waals surface area (Å²) >= 11 is 11.8. The first-order valence-corrected chi connectivity index (χ1v) is 36.9. The molecule has 0 atom stereocenters. The normalized spacial score (nSPS) is 16.8. The van der Waals surface area contributed by atoms with Gasteiger partial charge in [0.25, 0.3) is 0 Å². The second kappa shape index (κ2) is 22.3. The minimum Gasteiger partial charge on any atom is -0.140 e. The number of aryl methyl sites for hydroxylation is 6. The van der Waals surface area contributed by atoms with E-state index in [1.807, 2.05) is 68.0 Å². The lowest BCUT2D eigenvalue weighted by atomic mass is 9.60. The van der Waals surface area contributed by atoms with Crippen LogP contribution in [0.2, 0.25) is 0 Å². The lowest BCUT2D eigenvalue weighted by molar-refractivity contribution is 0.755. The van der Waals surface area contributed by atoms with Crippen molar-refractivity contribution in [2.24, 2.45) is 0 Å². The van der Waals surface area contributed by atoms with Crippen molar-refractivity contribution in [1.82, 2.24) is 0 Å². The van der Waals surface area contributed by atoms with Crippen molar-refractivity contribution in [3.05, 3.63) is 278 Å². The minimum atomic E-state index is 0.130. The summed E-state index contributed by atoms with van der Waals surface area (Å²) in [6.07, 6.45) is 10.5. The van der Waals surface area contributed by atoms with E-state index in [2.05, 4.69) is 224 Å². The molecular weight excluding hydrogens is 1190 g/mol. The lowest BCUT2D eigenvalue weighted by Crippen LogP contribution is -2.27. The molecule has 0 saturated carbocycles. The molecule has 6 aliphatic carbocycles. The third-order valence-electron chi connectivity index (χ3n) is 20.3. The molecule has 12 aromatic rings. The zero-order valence-corrected chi connectivity index (χ0v) is 56.2. The highest BCUT2D eigenvalue weighted by atomic mass is 32.1. The first kappa shape index (κ1) is 55.8. The van der Waals surface area contributed by atoms with Crippen LogP contribution in [-0.2, 0) is 0 Å². The molecule has 6 heteroatoms. The number of hydrogen-bond donors (Lipinski definition) is 0. The van der Waals surface area contributed by atoms with E-state index in [4.69, 9.17) is 0 Å². The number of benzene rings is 6. The topological polar surface area (TPSA) is 0 Å². The Morgan fingerprint density at radius 3 is 0.674 bits per heavy atom. The fourth-order valence-corrected chi connectivity index (χ4v) is 22.4. The van der Waals surface area contributed by atoms with E-state index < -0.39 is 0 Å². The van der Waals surface area contributed by atoms with Crippen molar-refractivity contribution in [2.45, 2.75) is 111 Å². The Morgan fingerprint density at radius 2 is 0.438 bits per heavy atom. The molecule has 6 aromatic carbocycles. The van der Waals surface area contributed by atoms with E-state index in [-0.39, 0.29) is 11.8 Å². The van der Waals surface area contributed by atoms with E-state index in [1.165, 1.54) is 178 Å². The quantitative estimate of drug-likeness (QED) is 0.114. The maximum Gasteiger partial charge on any atom is 0.0351 e. The Kier molecular flexibility index (Phi) is 14.0. The number of hydrogen-bond acceptors (Lipinski definition) is 6. The summed E-state index contributed by atoms with van der Waals surface area (Å²) in [7, 11) is 0. The summed E-state index contributed by atoms with van der Waals surface area (Å²) in [5, 5.41) is 0. The molecule has 0 fully saturated rings. The molecule has 2 bridgehead atoms. The number of allylic oxidation sites excluding steroid dienone is 6. The zero-order chi connectivity index (χ0) is 59.8. The standard InChI is InChI=1S/C83H68S6/c1-46-67(40-76(84-46)52-19-10-7-11-20-52)58-25-16-28-61(58)70-43-79(87-49(70)4)55-33-36-66-73(37-55)82-64-34-31-56(80-44-71(50(5)88-80)62-29-17-26-59(62)68-41-77(85-47(68)2)53-21-12-8-13-22-53)38-74(64)83(66)75-39-57(32-35-65(75)82)81-45-72(51(6)89-81)63-30-18-27-60(63)69-42-78(86-48(69)3)54-23-14-9-15-24-54/h7-15,19-24,31-45,82-83H,16-18,25-30H2,1-6H3. The van der Waals surface area contributed by atoms with E-state index in [9.17, 15) is 0 Å². The van der Waals surface area contributed by atoms with Gasteiger partial charge in [0.1, 0.15) is 0 Å². The summed E-state index contributed by atoms with van der Waals surface area (Å²) in [5.41, 5.74) is 34.9. The molecule has 0 saturated heterocycles. The van der Waals surface area contributed by atoms with Crippen LogP contribution in [0.4, 0.5) is 0 Å². The molecule has 6 aromatic heterocycles. The van der Waals surface area contributed by atoms with E-state index in [0.717, 1.165) is 38.5 Å². The van der Waals surface area contributed by atoms with Gasteiger partial charge in [-0.25, -0.2) is 0 Å². The molecule has 6 aliphatic rings. The highest BCUT2D eigenvalue weighted by Gasteiger charge is 2.42. The first-order chi connectivity index (χ1) is 43.6. The third kappa shape index (κ3) is 9.48. The van der Waals surface area contributed by atoms with E-state index >= 15 is 0 Å². The van der Waals surface area contributed by atoms with Crippen molar-refractivity contribution < 1.29 is 0 Å². The largest absolute Gasteiger partial charge is 0.140 e. The van der Waals surface area contributed by atoms with Gasteiger partial charge in [0.05, 0.1) is 0 Å². The number of rotatable bonds is 12. The molecular formula is C83H68S6. The molecule has 0 aliphatic heterocycles. The summed E-state index contributed by atoms with van der Waals surface area (Å²) in [4.78, 5) is 16.8. The van der Waals surface area contributed by atoms with Crippen molar-refractivity contribution in [3.8, 4) is 62.6 Å². The van der Waals surface area contributed by atoms with Crippen LogP contribution in [0, 0.1) is 41.5 Å². The molecule has 0 nitrogen and oxygen atoms in total. The predicted molar refractivity (Wildman–Crippen MR) is 391 cm³/mol. The monoisotopic (exact) mass is 1260 g/mol. The summed E-state index contributed by atoms with van der Waals surface area (Å²) < 4.78 is 0. The maximum absolute atomic E-state index is 2.62. The molecule has 0 spiro atoms. The lowest BCUT2D eigenvalue weighted by Gasteiger charge is -2.42. The zero-order valence-electron chi connectivity index (χ0n) is 51.3. The molecule has 0 radical (unpaired) electrons. The van der Waals surface area contributed by atoms with Gasteiger partial charge < -0.3 is 0 Å². The SMILES string of the molecule is Cc1sc(-c2ccccc2)cc1C1=C(c2cc(-c3ccc4c(c3)C3c5ccc(-c6cc(C7=C(c8cc(-c9ccccc9)sc8C)CCC7)c(C)s6)cc5C4c4cc(-c5cc(C6=C(c7cc(-c8ccccc8)sc7C)CCC6)c(C)s5)ccc43)sc2C)CCC1. The van der Waals surface area contributed by atoms with Gasteiger partial charge in [-0.15, -0.1) is 68.0 Å². The molecule has 89 heavy (non-hydrogen) atoms. The van der Waals surface area contributed by atoms with Crippen molar-refractivity contribution in [3.63, 3.8) is 0 Å². The molecule has 0 amide bonds. The maximum atomic E-state index is 2.62. The van der Waals surface area contributed by atoms with Crippen LogP contribution in [0.25, 0.3) is 96.1 Å². The van der Waals surface area contributed by atoms with Crippen molar-refractivity contribution in [2.75, 3.05) is 0 Å². The Balaban J connectivity index is 0.748. The summed E-state index contributed by atoms with van der Waals surface area (Å²) in [5.74, 6) is 0.279. The van der Waals surface area contributed by atoms with Crippen LogP contribution in [0.5, 0.6) is 0 Å². The Labute approximate surface area is 548 Å². The van der Waals surface area contributed by atoms with Gasteiger partial charge >= 0.3 is 0 Å². The van der Waals surface area contributed by atoms with E-state index in [1.54, 1.807) is 33.4 Å². The van der Waals surface area contributed by atoms with Gasteiger partial charge in [0.2, 0.25) is 0 Å². The van der Waals surface area contributed by atoms with Crippen LogP contribution in [0.1, 0.15) is 166 Å². The average molecular weight is 1260 g/mol. The Morgan fingerprint density at radius 1 is 0.225 bits per heavy atom. The van der Waals surface area contributed by atoms with Crippen LogP contribution in [-0.4, -0.2) is 0 Å². The molecule has 18 rings (SSSR count). The van der Waals surface area contributed by atoms with Gasteiger partial charge in [0.15, 0.2) is 0 Å². The van der Waals surface area contributed by atoms with Gasteiger partial charge in [-0.3, -0.25) is 0 Å². The Hall–Kier alpha value is -7.26. The van der Waals surface area contributed by atoms with Crippen LogP contribution < -0.4 is 0 Å². The fraction of sp³-hybridized carbons (Fsp3) is 0.205. The second-order valence-corrected chi connectivity index (χ2v) is 32.9. The van der Waals surface area contributed by atoms with E-state index in [0.29, 0.717) is 0 Å². The van der Waals surface area contributed by atoms with Crippen molar-refractivity contribution in [1.29, 1.82) is 0 Å².